The predicted molar refractivity (Wildman–Crippen MR) is 105 cm³/mol. The molecule has 0 aliphatic rings. The molecule has 0 fully saturated rings. The Morgan fingerprint density at radius 3 is 2.23 bits per heavy atom. The first-order valence-corrected chi connectivity index (χ1v) is 8.61. The van der Waals surface area contributed by atoms with Gasteiger partial charge in [-0.3, -0.25) is 30.6 Å². The molecule has 2 amide bonds. The Kier molecular flexibility index (Phi) is 5.87. The summed E-state index contributed by atoms with van der Waals surface area (Å²) in [5.74, 6) is -2.26. The van der Waals surface area contributed by atoms with E-state index in [1.807, 2.05) is 0 Å². The molecule has 0 saturated carbocycles. The number of nitro groups is 1. The van der Waals surface area contributed by atoms with E-state index in [0.29, 0.717) is 11.3 Å². The molecule has 3 rings (SSSR count). The Morgan fingerprint density at radius 2 is 1.57 bits per heavy atom. The number of aromatic nitrogens is 1. The lowest BCUT2D eigenvalue weighted by Gasteiger charge is -2.12. The van der Waals surface area contributed by atoms with Crippen molar-refractivity contribution in [3.05, 3.63) is 93.8 Å². The number of nitrogens with zero attached hydrogens (tertiary/aromatic N) is 2. The second-order valence-electron chi connectivity index (χ2n) is 6.03. The summed E-state index contributed by atoms with van der Waals surface area (Å²) < 4.78 is 6.28. The van der Waals surface area contributed by atoms with Gasteiger partial charge in [0.15, 0.2) is 0 Å². The fourth-order valence-electron chi connectivity index (χ4n) is 2.72. The standard InChI is InChI=1S/C20H16N4O6/c1-30-20(27)14-10-13(11-15(12-14)24(28)29)18(25)21-22-19(26)16-6-2-3-7-17(16)23-8-4-5-9-23/h2-12H,1H3,(H,21,25)(H,22,26). The lowest BCUT2D eigenvalue weighted by atomic mass is 10.1. The van der Waals surface area contributed by atoms with Gasteiger partial charge in [-0.25, -0.2) is 4.79 Å². The molecule has 2 aromatic carbocycles. The molecule has 2 N–H and O–H groups in total. The molecule has 0 bridgehead atoms. The van der Waals surface area contributed by atoms with E-state index in [0.717, 1.165) is 25.3 Å². The van der Waals surface area contributed by atoms with E-state index in [9.17, 15) is 24.5 Å². The van der Waals surface area contributed by atoms with Gasteiger partial charge in [0.1, 0.15) is 0 Å². The molecule has 0 aliphatic heterocycles. The maximum atomic E-state index is 12.6. The maximum Gasteiger partial charge on any atom is 0.338 e. The smallest absolute Gasteiger partial charge is 0.338 e. The summed E-state index contributed by atoms with van der Waals surface area (Å²) in [6, 6.07) is 13.5. The number of nitrogens with one attached hydrogen (secondary N) is 2. The number of carbonyl (C=O) groups excluding carboxylic acids is 3. The van der Waals surface area contributed by atoms with Gasteiger partial charge >= 0.3 is 5.97 Å². The highest BCUT2D eigenvalue weighted by Gasteiger charge is 2.19. The molecular weight excluding hydrogens is 392 g/mol. The van der Waals surface area contributed by atoms with Crippen molar-refractivity contribution in [1.82, 2.24) is 15.4 Å². The van der Waals surface area contributed by atoms with Crippen molar-refractivity contribution in [2.45, 2.75) is 0 Å². The van der Waals surface area contributed by atoms with Crippen LogP contribution in [0.4, 0.5) is 5.69 Å². The Morgan fingerprint density at radius 1 is 0.933 bits per heavy atom. The topological polar surface area (TPSA) is 133 Å². The van der Waals surface area contributed by atoms with Gasteiger partial charge in [0.05, 0.1) is 28.8 Å². The highest BCUT2D eigenvalue weighted by atomic mass is 16.6. The van der Waals surface area contributed by atoms with Crippen LogP contribution in [-0.4, -0.2) is 34.4 Å². The summed E-state index contributed by atoms with van der Waals surface area (Å²) in [5.41, 5.74) is 4.54. The van der Waals surface area contributed by atoms with Crippen LogP contribution in [0.1, 0.15) is 31.1 Å². The average Bonchev–Trinajstić information content (AvgIpc) is 3.31. The van der Waals surface area contributed by atoms with Gasteiger partial charge in [0, 0.05) is 30.1 Å². The van der Waals surface area contributed by atoms with E-state index in [2.05, 4.69) is 15.6 Å². The first-order valence-electron chi connectivity index (χ1n) is 8.61. The second-order valence-corrected chi connectivity index (χ2v) is 6.03. The highest BCUT2D eigenvalue weighted by molar-refractivity contribution is 6.02. The zero-order valence-corrected chi connectivity index (χ0v) is 15.7. The fourth-order valence-corrected chi connectivity index (χ4v) is 2.72. The third kappa shape index (κ3) is 4.33. The number of carbonyl (C=O) groups is 3. The molecule has 152 valence electrons. The van der Waals surface area contributed by atoms with E-state index in [-0.39, 0.29) is 11.1 Å². The van der Waals surface area contributed by atoms with E-state index in [4.69, 9.17) is 0 Å². The first-order chi connectivity index (χ1) is 14.4. The molecule has 0 aliphatic carbocycles. The maximum absolute atomic E-state index is 12.6. The molecule has 30 heavy (non-hydrogen) atoms. The number of non-ortho nitro benzene ring substituents is 1. The zero-order valence-electron chi connectivity index (χ0n) is 15.7. The minimum Gasteiger partial charge on any atom is -0.465 e. The highest BCUT2D eigenvalue weighted by Crippen LogP contribution is 2.18. The summed E-state index contributed by atoms with van der Waals surface area (Å²) in [6.07, 6.45) is 3.53. The number of para-hydroxylation sites is 1. The molecule has 1 heterocycles. The van der Waals surface area contributed by atoms with Crippen LogP contribution in [0.3, 0.4) is 0 Å². The summed E-state index contributed by atoms with van der Waals surface area (Å²) in [6.45, 7) is 0. The third-order valence-corrected chi connectivity index (χ3v) is 4.13. The van der Waals surface area contributed by atoms with Crippen molar-refractivity contribution in [1.29, 1.82) is 0 Å². The minimum absolute atomic E-state index is 0.166. The Hall–Kier alpha value is -4.47. The van der Waals surface area contributed by atoms with E-state index < -0.39 is 28.4 Å². The molecule has 10 nitrogen and oxygen atoms in total. The number of rotatable bonds is 5. The first kappa shape index (κ1) is 20.3. The van der Waals surface area contributed by atoms with Gasteiger partial charge in [0.2, 0.25) is 0 Å². The number of hydrogen-bond donors (Lipinski definition) is 2. The molecule has 3 aromatic rings. The van der Waals surface area contributed by atoms with Crippen molar-refractivity contribution in [3.8, 4) is 5.69 Å². The third-order valence-electron chi connectivity index (χ3n) is 4.13. The van der Waals surface area contributed by atoms with Crippen molar-refractivity contribution in [2.24, 2.45) is 0 Å². The normalized spacial score (nSPS) is 10.2. The Balaban J connectivity index is 1.80. The number of nitro benzene ring substituents is 1. The zero-order chi connectivity index (χ0) is 21.7. The monoisotopic (exact) mass is 408 g/mol. The van der Waals surface area contributed by atoms with Gasteiger partial charge in [0.25, 0.3) is 17.5 Å². The van der Waals surface area contributed by atoms with Crippen LogP contribution < -0.4 is 10.9 Å². The largest absolute Gasteiger partial charge is 0.465 e. The number of benzene rings is 2. The Bertz CT molecular complexity index is 1120. The van der Waals surface area contributed by atoms with Crippen molar-refractivity contribution < 1.29 is 24.0 Å². The fraction of sp³-hybridized carbons (Fsp3) is 0.0500. The number of esters is 1. The van der Waals surface area contributed by atoms with E-state index in [1.165, 1.54) is 0 Å². The molecular formula is C20H16N4O6. The van der Waals surface area contributed by atoms with Crippen LogP contribution in [-0.2, 0) is 4.74 Å². The van der Waals surface area contributed by atoms with E-state index in [1.54, 1.807) is 53.4 Å². The minimum atomic E-state index is -0.837. The molecule has 0 saturated heterocycles. The van der Waals surface area contributed by atoms with Crippen LogP contribution in [0.15, 0.2) is 67.0 Å². The van der Waals surface area contributed by atoms with Gasteiger partial charge < -0.3 is 9.30 Å². The Labute approximate surface area is 170 Å². The summed E-state index contributed by atoms with van der Waals surface area (Å²) >= 11 is 0. The summed E-state index contributed by atoms with van der Waals surface area (Å²) in [7, 11) is 1.11. The van der Waals surface area contributed by atoms with Crippen LogP contribution in [0.5, 0.6) is 0 Å². The van der Waals surface area contributed by atoms with Gasteiger partial charge in [-0.05, 0) is 30.3 Å². The second kappa shape index (κ2) is 8.69. The van der Waals surface area contributed by atoms with Crippen molar-refractivity contribution in [2.75, 3.05) is 7.11 Å². The average molecular weight is 408 g/mol. The van der Waals surface area contributed by atoms with Gasteiger partial charge in [-0.15, -0.1) is 0 Å². The van der Waals surface area contributed by atoms with Crippen LogP contribution in [0.2, 0.25) is 0 Å². The number of hydrazine groups is 1. The van der Waals surface area contributed by atoms with Crippen molar-refractivity contribution in [3.63, 3.8) is 0 Å². The number of amides is 2. The molecule has 10 heteroatoms. The molecule has 0 unspecified atom stereocenters. The number of methoxy groups -OCH3 is 1. The molecule has 0 radical (unpaired) electrons. The van der Waals surface area contributed by atoms with Crippen LogP contribution >= 0.6 is 0 Å². The lowest BCUT2D eigenvalue weighted by Crippen LogP contribution is -2.42. The number of hydrogen-bond acceptors (Lipinski definition) is 6. The molecule has 0 spiro atoms. The molecule has 1 aromatic heterocycles. The summed E-state index contributed by atoms with van der Waals surface area (Å²) in [4.78, 5) is 47.1. The SMILES string of the molecule is COC(=O)c1cc(C(=O)NNC(=O)c2ccccc2-n2cccc2)cc([N+](=O)[O-])c1. The van der Waals surface area contributed by atoms with Crippen molar-refractivity contribution >= 4 is 23.5 Å². The number of ether oxygens (including phenoxy) is 1. The lowest BCUT2D eigenvalue weighted by molar-refractivity contribution is -0.384. The van der Waals surface area contributed by atoms with Gasteiger partial charge in [-0.2, -0.15) is 0 Å². The van der Waals surface area contributed by atoms with Gasteiger partial charge in [-0.1, -0.05) is 12.1 Å². The quantitative estimate of drug-likeness (QED) is 0.378. The van der Waals surface area contributed by atoms with Crippen LogP contribution in [0, 0.1) is 10.1 Å². The van der Waals surface area contributed by atoms with E-state index >= 15 is 0 Å². The predicted octanol–water partition coefficient (Wildman–Crippen LogP) is 2.25. The summed E-state index contributed by atoms with van der Waals surface area (Å²) in [5, 5.41) is 11.1. The van der Waals surface area contributed by atoms with Crippen LogP contribution in [0.25, 0.3) is 5.69 Å². The molecule has 0 atom stereocenters.